The van der Waals surface area contributed by atoms with Crippen LogP contribution in [0.15, 0.2) is 40.2 Å². The normalized spacial score (nSPS) is 16.0. The molecule has 0 saturated heterocycles. The molecule has 1 aliphatic rings. The van der Waals surface area contributed by atoms with Crippen molar-refractivity contribution in [2.45, 2.75) is 36.9 Å². The quantitative estimate of drug-likeness (QED) is 0.259. The standard InChI is InChI=1S/C21H31N7O2S/c1-27(2)20(29)13-23-21(22-11-12-31-17-7-5-4-6-8-17)24-16-9-10-19-25-18(15-30-3)26-28(19)14-16/h4-8,16H,9-15H2,1-3H3,(H2,22,23,24). The van der Waals surface area contributed by atoms with Crippen molar-refractivity contribution in [2.75, 3.05) is 40.0 Å². The Morgan fingerprint density at radius 2 is 2.16 bits per heavy atom. The Bertz CT molecular complexity index is 870. The zero-order valence-electron chi connectivity index (χ0n) is 18.4. The lowest BCUT2D eigenvalue weighted by molar-refractivity contribution is -0.127. The van der Waals surface area contributed by atoms with Crippen molar-refractivity contribution in [2.24, 2.45) is 4.99 Å². The third-order valence-electron chi connectivity index (χ3n) is 4.79. The van der Waals surface area contributed by atoms with Crippen molar-refractivity contribution in [1.82, 2.24) is 30.3 Å². The monoisotopic (exact) mass is 445 g/mol. The molecule has 10 heteroatoms. The number of amides is 1. The van der Waals surface area contributed by atoms with E-state index in [4.69, 9.17) is 4.74 Å². The van der Waals surface area contributed by atoms with Crippen LogP contribution in [0.1, 0.15) is 18.1 Å². The lowest BCUT2D eigenvalue weighted by atomic mass is 10.1. The minimum atomic E-state index is -0.0359. The van der Waals surface area contributed by atoms with Crippen molar-refractivity contribution in [3.63, 3.8) is 0 Å². The van der Waals surface area contributed by atoms with Gasteiger partial charge in [-0.3, -0.25) is 4.79 Å². The van der Waals surface area contributed by atoms with Crippen LogP contribution in [0.4, 0.5) is 0 Å². The van der Waals surface area contributed by atoms with Crippen molar-refractivity contribution >= 4 is 23.6 Å². The summed E-state index contributed by atoms with van der Waals surface area (Å²) in [7, 11) is 5.11. The number of fused-ring (bicyclic) bond motifs is 1. The summed E-state index contributed by atoms with van der Waals surface area (Å²) >= 11 is 1.78. The third kappa shape index (κ3) is 7.25. The van der Waals surface area contributed by atoms with Gasteiger partial charge >= 0.3 is 0 Å². The number of carbonyl (C=O) groups is 1. The van der Waals surface area contributed by atoms with E-state index >= 15 is 0 Å². The van der Waals surface area contributed by atoms with Crippen molar-refractivity contribution in [1.29, 1.82) is 0 Å². The molecule has 2 aromatic rings. The number of thioether (sulfide) groups is 1. The van der Waals surface area contributed by atoms with Crippen molar-refractivity contribution in [3.05, 3.63) is 42.0 Å². The Balaban J connectivity index is 1.56. The number of carbonyl (C=O) groups excluding carboxylic acids is 1. The van der Waals surface area contributed by atoms with Gasteiger partial charge < -0.3 is 20.3 Å². The molecule has 1 amide bonds. The molecule has 0 spiro atoms. The molecule has 0 bridgehead atoms. The number of aryl methyl sites for hydroxylation is 1. The van der Waals surface area contributed by atoms with Gasteiger partial charge in [-0.1, -0.05) is 18.2 Å². The van der Waals surface area contributed by atoms with E-state index < -0.39 is 0 Å². The van der Waals surface area contributed by atoms with E-state index in [0.29, 0.717) is 24.9 Å². The number of nitrogens with one attached hydrogen (secondary N) is 2. The highest BCUT2D eigenvalue weighted by molar-refractivity contribution is 7.99. The maximum absolute atomic E-state index is 12.0. The summed E-state index contributed by atoms with van der Waals surface area (Å²) in [6.07, 6.45) is 1.76. The van der Waals surface area contributed by atoms with Crippen LogP contribution in [-0.4, -0.2) is 77.6 Å². The maximum Gasteiger partial charge on any atom is 0.243 e. The fourth-order valence-corrected chi connectivity index (χ4v) is 3.95. The number of hydrogen-bond donors (Lipinski definition) is 2. The zero-order chi connectivity index (χ0) is 22.1. The molecule has 0 fully saturated rings. The number of benzene rings is 1. The second kappa shape index (κ2) is 11.7. The van der Waals surface area contributed by atoms with Crippen LogP contribution in [0.2, 0.25) is 0 Å². The summed E-state index contributed by atoms with van der Waals surface area (Å²) in [6.45, 7) is 1.96. The Labute approximate surface area is 187 Å². The average molecular weight is 446 g/mol. The minimum absolute atomic E-state index is 0.0359. The number of aliphatic imine (C=N–C) groups is 1. The second-order valence-corrected chi connectivity index (χ2v) is 8.65. The van der Waals surface area contributed by atoms with Crippen LogP contribution in [0, 0.1) is 0 Å². The van der Waals surface area contributed by atoms with Gasteiger partial charge in [-0.25, -0.2) is 14.7 Å². The molecule has 3 rings (SSSR count). The summed E-state index contributed by atoms with van der Waals surface area (Å²) in [5.74, 6) is 3.20. The largest absolute Gasteiger partial charge is 0.377 e. The first-order valence-corrected chi connectivity index (χ1v) is 11.4. The smallest absolute Gasteiger partial charge is 0.243 e. The van der Waals surface area contributed by atoms with Crippen LogP contribution in [-0.2, 0) is 29.1 Å². The number of ether oxygens (including phenoxy) is 1. The predicted molar refractivity (Wildman–Crippen MR) is 122 cm³/mol. The van der Waals surface area contributed by atoms with Crippen LogP contribution in [0.3, 0.4) is 0 Å². The summed E-state index contributed by atoms with van der Waals surface area (Å²) in [5.41, 5.74) is 0. The van der Waals surface area contributed by atoms with Crippen LogP contribution < -0.4 is 10.6 Å². The van der Waals surface area contributed by atoms with E-state index in [1.807, 2.05) is 22.9 Å². The lowest BCUT2D eigenvalue weighted by Crippen LogP contribution is -2.48. The first-order valence-electron chi connectivity index (χ1n) is 10.4. The van der Waals surface area contributed by atoms with Crippen LogP contribution >= 0.6 is 11.8 Å². The molecule has 2 heterocycles. The Hall–Kier alpha value is -2.59. The Kier molecular flexibility index (Phi) is 8.72. The summed E-state index contributed by atoms with van der Waals surface area (Å²) in [6, 6.07) is 10.5. The van der Waals surface area contributed by atoms with E-state index in [-0.39, 0.29) is 18.5 Å². The molecular weight excluding hydrogens is 414 g/mol. The summed E-state index contributed by atoms with van der Waals surface area (Å²) < 4.78 is 7.07. The SMILES string of the molecule is COCc1nc2n(n1)CC(NC(=NCC(=O)N(C)C)NCCSc1ccccc1)CC2. The molecule has 1 unspecified atom stereocenters. The Morgan fingerprint density at radius 1 is 1.35 bits per heavy atom. The van der Waals surface area contributed by atoms with Gasteiger partial charge in [-0.05, 0) is 18.6 Å². The highest BCUT2D eigenvalue weighted by Crippen LogP contribution is 2.16. The van der Waals surface area contributed by atoms with E-state index in [9.17, 15) is 4.79 Å². The minimum Gasteiger partial charge on any atom is -0.377 e. The van der Waals surface area contributed by atoms with Crippen LogP contribution in [0.25, 0.3) is 0 Å². The van der Waals surface area contributed by atoms with E-state index in [1.54, 1.807) is 37.9 Å². The van der Waals surface area contributed by atoms with Gasteiger partial charge in [0.15, 0.2) is 11.8 Å². The molecular formula is C21H31N7O2S. The lowest BCUT2D eigenvalue weighted by Gasteiger charge is -2.25. The fraction of sp³-hybridized carbons (Fsp3) is 0.524. The molecule has 0 radical (unpaired) electrons. The number of methoxy groups -OCH3 is 1. The molecule has 0 saturated carbocycles. The third-order valence-corrected chi connectivity index (χ3v) is 5.81. The molecule has 1 aromatic heterocycles. The number of guanidine groups is 1. The van der Waals surface area contributed by atoms with Gasteiger partial charge in [-0.2, -0.15) is 5.10 Å². The maximum atomic E-state index is 12.0. The van der Waals surface area contributed by atoms with Gasteiger partial charge in [0.1, 0.15) is 19.0 Å². The van der Waals surface area contributed by atoms with Gasteiger partial charge in [0.25, 0.3) is 0 Å². The number of likely N-dealkylation sites (N-methyl/N-ethyl adjacent to an activating group) is 1. The number of hydrogen-bond acceptors (Lipinski definition) is 6. The van der Waals surface area contributed by atoms with Crippen molar-refractivity contribution in [3.8, 4) is 0 Å². The first kappa shape index (κ1) is 23.1. The molecule has 0 aliphatic carbocycles. The molecule has 2 N–H and O–H groups in total. The van der Waals surface area contributed by atoms with E-state index in [1.165, 1.54) is 4.90 Å². The molecule has 9 nitrogen and oxygen atoms in total. The molecule has 1 aliphatic heterocycles. The molecule has 1 aromatic carbocycles. The molecule has 31 heavy (non-hydrogen) atoms. The summed E-state index contributed by atoms with van der Waals surface area (Å²) in [5, 5.41) is 11.4. The predicted octanol–water partition coefficient (Wildman–Crippen LogP) is 1.16. The highest BCUT2D eigenvalue weighted by atomic mass is 32.2. The number of aromatic nitrogens is 3. The van der Waals surface area contributed by atoms with Crippen molar-refractivity contribution < 1.29 is 9.53 Å². The first-order chi connectivity index (χ1) is 15.0. The molecule has 168 valence electrons. The topological polar surface area (TPSA) is 96.7 Å². The van der Waals surface area contributed by atoms with Gasteiger partial charge in [0.05, 0.1) is 6.54 Å². The van der Waals surface area contributed by atoms with Gasteiger partial charge in [-0.15, -0.1) is 11.8 Å². The van der Waals surface area contributed by atoms with E-state index in [2.05, 4.69) is 37.8 Å². The van der Waals surface area contributed by atoms with Gasteiger partial charge in [0, 0.05) is 50.9 Å². The van der Waals surface area contributed by atoms with E-state index in [0.717, 1.165) is 31.0 Å². The highest BCUT2D eigenvalue weighted by Gasteiger charge is 2.22. The van der Waals surface area contributed by atoms with Gasteiger partial charge in [0.2, 0.25) is 5.91 Å². The molecule has 1 atom stereocenters. The van der Waals surface area contributed by atoms with Crippen LogP contribution in [0.5, 0.6) is 0 Å². The fourth-order valence-electron chi connectivity index (χ4n) is 3.16. The number of rotatable bonds is 9. The Morgan fingerprint density at radius 3 is 2.90 bits per heavy atom. The second-order valence-electron chi connectivity index (χ2n) is 7.48. The summed E-state index contributed by atoms with van der Waals surface area (Å²) in [4.78, 5) is 23.8. The zero-order valence-corrected chi connectivity index (χ0v) is 19.2. The average Bonchev–Trinajstić information content (AvgIpc) is 3.17. The number of nitrogens with zero attached hydrogens (tertiary/aromatic N) is 5.